The van der Waals surface area contributed by atoms with E-state index in [1.54, 1.807) is 25.4 Å². The number of carbonyl (C=O) groups excluding carboxylic acids is 1. The molecule has 1 unspecified atom stereocenters. The second-order valence-corrected chi connectivity index (χ2v) is 8.59. The number of nitrogens with zero attached hydrogens (tertiary/aromatic N) is 2. The smallest absolute Gasteiger partial charge is 0.320 e. The first-order valence-corrected chi connectivity index (χ1v) is 11.4. The normalized spacial score (nSPS) is 11.9. The van der Waals surface area contributed by atoms with Gasteiger partial charge in [-0.3, -0.25) is 9.59 Å². The first-order chi connectivity index (χ1) is 17.4. The molecule has 5 rings (SSSR count). The predicted molar refractivity (Wildman–Crippen MR) is 138 cm³/mol. The number of aromatic nitrogens is 2. The van der Waals surface area contributed by atoms with E-state index in [1.807, 2.05) is 66.7 Å². The Kier molecular flexibility index (Phi) is 6.14. The van der Waals surface area contributed by atoms with Crippen molar-refractivity contribution < 1.29 is 19.4 Å². The lowest BCUT2D eigenvalue weighted by Gasteiger charge is -2.14. The zero-order chi connectivity index (χ0) is 25.2. The Bertz CT molecular complexity index is 1610. The molecule has 0 amide bonds. The van der Waals surface area contributed by atoms with E-state index >= 15 is 0 Å². The van der Waals surface area contributed by atoms with Crippen LogP contribution < -0.4 is 10.5 Å². The molecule has 1 atom stereocenters. The van der Waals surface area contributed by atoms with Crippen LogP contribution in [0, 0.1) is 0 Å². The SMILES string of the molecule is COc1ccc(-c2ccc(CC(N)C(=O)O)cc2C(=O)c2ccc3cc4ccnnc4cc3c2)cc1. The Balaban J connectivity index is 1.61. The number of hydrogen-bond donors (Lipinski definition) is 2. The van der Waals surface area contributed by atoms with Crippen LogP contribution in [0.15, 0.2) is 85.1 Å². The van der Waals surface area contributed by atoms with Crippen molar-refractivity contribution in [3.8, 4) is 16.9 Å². The van der Waals surface area contributed by atoms with Crippen LogP contribution in [0.1, 0.15) is 21.5 Å². The summed E-state index contributed by atoms with van der Waals surface area (Å²) in [4.78, 5) is 25.1. The fraction of sp³-hybridized carbons (Fsp3) is 0.103. The fourth-order valence-corrected chi connectivity index (χ4v) is 4.30. The average Bonchev–Trinajstić information content (AvgIpc) is 2.91. The molecule has 0 saturated carbocycles. The second kappa shape index (κ2) is 9.56. The molecular formula is C29H23N3O4. The minimum atomic E-state index is -1.09. The van der Waals surface area contributed by atoms with Gasteiger partial charge in [0.1, 0.15) is 11.8 Å². The lowest BCUT2D eigenvalue weighted by atomic mass is 9.90. The Morgan fingerprint density at radius 3 is 2.47 bits per heavy atom. The number of ether oxygens (including phenoxy) is 1. The Morgan fingerprint density at radius 1 is 0.917 bits per heavy atom. The minimum Gasteiger partial charge on any atom is -0.497 e. The molecule has 1 aromatic heterocycles. The molecule has 0 aliphatic rings. The molecule has 178 valence electrons. The molecule has 5 aromatic rings. The maximum absolute atomic E-state index is 13.8. The monoisotopic (exact) mass is 477 g/mol. The number of ketones is 1. The maximum Gasteiger partial charge on any atom is 0.320 e. The summed E-state index contributed by atoms with van der Waals surface area (Å²) in [7, 11) is 1.60. The number of carbonyl (C=O) groups is 2. The number of benzene rings is 4. The summed E-state index contributed by atoms with van der Waals surface area (Å²) in [6.07, 6.45) is 1.76. The quantitative estimate of drug-likeness (QED) is 0.259. The lowest BCUT2D eigenvalue weighted by Crippen LogP contribution is -2.32. The Morgan fingerprint density at radius 2 is 1.72 bits per heavy atom. The summed E-state index contributed by atoms with van der Waals surface area (Å²) in [6, 6.07) is 23.2. The highest BCUT2D eigenvalue weighted by Gasteiger charge is 2.19. The van der Waals surface area contributed by atoms with Gasteiger partial charge in [-0.15, -0.1) is 0 Å². The number of hydrogen-bond acceptors (Lipinski definition) is 6. The number of fused-ring (bicyclic) bond motifs is 2. The molecule has 0 aliphatic heterocycles. The maximum atomic E-state index is 13.8. The average molecular weight is 478 g/mol. The van der Waals surface area contributed by atoms with Crippen LogP contribution >= 0.6 is 0 Å². The van der Waals surface area contributed by atoms with E-state index in [1.165, 1.54) is 0 Å². The third-order valence-electron chi connectivity index (χ3n) is 6.24. The summed E-state index contributed by atoms with van der Waals surface area (Å²) in [5.74, 6) is -0.555. The van der Waals surface area contributed by atoms with Crippen LogP contribution in [-0.2, 0) is 11.2 Å². The van der Waals surface area contributed by atoms with Crippen LogP contribution in [0.2, 0.25) is 0 Å². The predicted octanol–water partition coefficient (Wildman–Crippen LogP) is 4.64. The third-order valence-corrected chi connectivity index (χ3v) is 6.24. The molecule has 4 aromatic carbocycles. The minimum absolute atomic E-state index is 0.112. The van der Waals surface area contributed by atoms with Crippen LogP contribution in [-0.4, -0.2) is 40.2 Å². The largest absolute Gasteiger partial charge is 0.497 e. The topological polar surface area (TPSA) is 115 Å². The zero-order valence-electron chi connectivity index (χ0n) is 19.5. The number of carboxylic acids is 1. The molecule has 0 fully saturated rings. The van der Waals surface area contributed by atoms with Crippen LogP contribution in [0.25, 0.3) is 32.8 Å². The van der Waals surface area contributed by atoms with Gasteiger partial charge in [-0.05, 0) is 76.3 Å². The van der Waals surface area contributed by atoms with Gasteiger partial charge in [-0.1, -0.05) is 36.4 Å². The van der Waals surface area contributed by atoms with E-state index in [-0.39, 0.29) is 12.2 Å². The molecule has 0 spiro atoms. The number of methoxy groups -OCH3 is 1. The lowest BCUT2D eigenvalue weighted by molar-refractivity contribution is -0.138. The summed E-state index contributed by atoms with van der Waals surface area (Å²) in [5, 5.41) is 20.2. The van der Waals surface area contributed by atoms with Gasteiger partial charge >= 0.3 is 5.97 Å². The van der Waals surface area contributed by atoms with E-state index in [2.05, 4.69) is 10.2 Å². The highest BCUT2D eigenvalue weighted by Crippen LogP contribution is 2.30. The standard InChI is InChI=1S/C29H23N3O4/c1-36-23-7-5-18(6-8-23)24-9-2-17(13-26(30)29(34)35)12-25(24)28(33)21-4-3-19-14-20-10-11-31-32-27(20)16-22(19)15-21/h2-12,14-16,26H,13,30H2,1H3,(H,34,35). The van der Waals surface area contributed by atoms with Gasteiger partial charge in [0.05, 0.1) is 18.8 Å². The number of nitrogens with two attached hydrogens (primary N) is 1. The van der Waals surface area contributed by atoms with Crippen molar-refractivity contribution >= 4 is 33.4 Å². The first kappa shape index (κ1) is 23.1. The highest BCUT2D eigenvalue weighted by molar-refractivity contribution is 6.14. The second-order valence-electron chi connectivity index (χ2n) is 8.59. The van der Waals surface area contributed by atoms with Gasteiger partial charge in [0, 0.05) is 16.5 Å². The van der Waals surface area contributed by atoms with Crippen molar-refractivity contribution in [2.45, 2.75) is 12.5 Å². The molecule has 0 aliphatic carbocycles. The van der Waals surface area contributed by atoms with Crippen molar-refractivity contribution in [3.05, 3.63) is 102 Å². The molecule has 7 heteroatoms. The molecule has 0 bridgehead atoms. The van der Waals surface area contributed by atoms with Crippen molar-refractivity contribution in [2.24, 2.45) is 5.73 Å². The zero-order valence-corrected chi connectivity index (χ0v) is 19.5. The molecule has 36 heavy (non-hydrogen) atoms. The van der Waals surface area contributed by atoms with Crippen LogP contribution in [0.3, 0.4) is 0 Å². The van der Waals surface area contributed by atoms with Gasteiger partial charge < -0.3 is 15.6 Å². The molecular weight excluding hydrogens is 454 g/mol. The summed E-state index contributed by atoms with van der Waals surface area (Å²) in [6.45, 7) is 0. The summed E-state index contributed by atoms with van der Waals surface area (Å²) >= 11 is 0. The van der Waals surface area contributed by atoms with Gasteiger partial charge in [0.2, 0.25) is 0 Å². The van der Waals surface area contributed by atoms with E-state index < -0.39 is 12.0 Å². The van der Waals surface area contributed by atoms with Crippen LogP contribution in [0.5, 0.6) is 5.75 Å². The van der Waals surface area contributed by atoms with Crippen molar-refractivity contribution in [3.63, 3.8) is 0 Å². The molecule has 3 N–H and O–H groups in total. The highest BCUT2D eigenvalue weighted by atomic mass is 16.5. The number of aliphatic carboxylic acids is 1. The number of carboxylic acid groups (broad SMARTS) is 1. The molecule has 0 saturated heterocycles. The van der Waals surface area contributed by atoms with E-state index in [9.17, 15) is 14.7 Å². The van der Waals surface area contributed by atoms with E-state index in [0.717, 1.165) is 32.8 Å². The molecule has 0 radical (unpaired) electrons. The van der Waals surface area contributed by atoms with Gasteiger partial charge in [-0.2, -0.15) is 10.2 Å². The number of rotatable bonds is 7. The van der Waals surface area contributed by atoms with E-state index in [0.29, 0.717) is 22.4 Å². The van der Waals surface area contributed by atoms with Crippen molar-refractivity contribution in [1.82, 2.24) is 10.2 Å². The fourth-order valence-electron chi connectivity index (χ4n) is 4.30. The first-order valence-electron chi connectivity index (χ1n) is 11.4. The summed E-state index contributed by atoms with van der Waals surface area (Å²) in [5.41, 5.74) is 9.75. The van der Waals surface area contributed by atoms with Gasteiger partial charge in [0.15, 0.2) is 5.78 Å². The van der Waals surface area contributed by atoms with Crippen molar-refractivity contribution in [1.29, 1.82) is 0 Å². The Labute approximate surface area is 207 Å². The van der Waals surface area contributed by atoms with Gasteiger partial charge in [0.25, 0.3) is 0 Å². The van der Waals surface area contributed by atoms with Crippen molar-refractivity contribution in [2.75, 3.05) is 7.11 Å². The molecule has 7 nitrogen and oxygen atoms in total. The summed E-state index contributed by atoms with van der Waals surface area (Å²) < 4.78 is 5.26. The van der Waals surface area contributed by atoms with E-state index in [4.69, 9.17) is 10.5 Å². The molecule has 1 heterocycles. The van der Waals surface area contributed by atoms with Gasteiger partial charge in [-0.25, -0.2) is 0 Å². The van der Waals surface area contributed by atoms with Crippen LogP contribution in [0.4, 0.5) is 0 Å². The third kappa shape index (κ3) is 4.52. The Hall–Kier alpha value is -4.62.